The van der Waals surface area contributed by atoms with Crippen LogP contribution in [0.2, 0.25) is 0 Å². The first-order valence-electron chi connectivity index (χ1n) is 10.3. The molecule has 0 heterocycles. The summed E-state index contributed by atoms with van der Waals surface area (Å²) in [5.41, 5.74) is 4.22. The summed E-state index contributed by atoms with van der Waals surface area (Å²) in [6.45, 7) is 3.06. The molecule has 1 atom stereocenters. The van der Waals surface area contributed by atoms with Crippen molar-refractivity contribution in [2.24, 2.45) is 0 Å². The summed E-state index contributed by atoms with van der Waals surface area (Å²) < 4.78 is 16.7. The third-order valence-electron chi connectivity index (χ3n) is 5.00. The molecule has 1 N–H and O–H groups in total. The first-order chi connectivity index (χ1) is 15.1. The number of aryl methyl sites for hydroxylation is 1. The predicted molar refractivity (Wildman–Crippen MR) is 121 cm³/mol. The highest BCUT2D eigenvalue weighted by Crippen LogP contribution is 2.23. The van der Waals surface area contributed by atoms with Gasteiger partial charge in [0, 0.05) is 20.0 Å². The molecule has 3 aromatic carbocycles. The third-order valence-corrected chi connectivity index (χ3v) is 5.00. The Morgan fingerprint density at radius 3 is 2.23 bits per heavy atom. The van der Waals surface area contributed by atoms with Gasteiger partial charge in [-0.25, -0.2) is 4.79 Å². The average Bonchev–Trinajstić information content (AvgIpc) is 2.79. The highest BCUT2D eigenvalue weighted by Gasteiger charge is 2.17. The number of hydrogen-bond donors (Lipinski definition) is 1. The van der Waals surface area contributed by atoms with Crippen molar-refractivity contribution in [3.63, 3.8) is 0 Å². The van der Waals surface area contributed by atoms with Crippen LogP contribution >= 0.6 is 0 Å². The highest BCUT2D eigenvalue weighted by atomic mass is 16.5. The van der Waals surface area contributed by atoms with Crippen LogP contribution in [-0.2, 0) is 16.0 Å². The average molecular weight is 421 g/mol. The molecule has 5 nitrogen and oxygen atoms in total. The number of rotatable bonds is 11. The Balaban J connectivity index is 1.42. The zero-order valence-corrected chi connectivity index (χ0v) is 17.9. The first-order valence-corrected chi connectivity index (χ1v) is 10.3. The van der Waals surface area contributed by atoms with Gasteiger partial charge in [-0.15, -0.1) is 0 Å². The molecule has 0 aliphatic rings. The van der Waals surface area contributed by atoms with Crippen LogP contribution in [0.5, 0.6) is 11.5 Å². The Bertz CT molecular complexity index is 967. The molecule has 0 aromatic heterocycles. The normalized spacial score (nSPS) is 11.7. The van der Waals surface area contributed by atoms with Gasteiger partial charge in [0.25, 0.3) is 0 Å². The van der Waals surface area contributed by atoms with Crippen molar-refractivity contribution in [1.29, 1.82) is 0 Å². The van der Waals surface area contributed by atoms with Crippen molar-refractivity contribution in [3.8, 4) is 22.6 Å². The van der Waals surface area contributed by atoms with Crippen LogP contribution in [-0.4, -0.2) is 37.5 Å². The topological polar surface area (TPSA) is 65.0 Å². The molecule has 0 fully saturated rings. The molecular weight excluding hydrogens is 392 g/mol. The van der Waals surface area contributed by atoms with E-state index in [4.69, 9.17) is 19.3 Å². The summed E-state index contributed by atoms with van der Waals surface area (Å²) in [6, 6.07) is 24.0. The maximum absolute atomic E-state index is 11.1. The second kappa shape index (κ2) is 11.2. The molecule has 162 valence electrons. The number of benzene rings is 3. The van der Waals surface area contributed by atoms with Gasteiger partial charge in [-0.05, 0) is 47.4 Å². The summed E-state index contributed by atoms with van der Waals surface area (Å²) in [7, 11) is 1.41. The number of carboxylic acid groups (broad SMARTS) is 1. The molecule has 0 spiro atoms. The minimum atomic E-state index is -0.963. The molecule has 0 amide bonds. The third kappa shape index (κ3) is 6.59. The summed E-state index contributed by atoms with van der Waals surface area (Å²) in [5.74, 6) is 0.668. The molecule has 5 heteroatoms. The molecule has 0 radical (unpaired) electrons. The Morgan fingerprint density at radius 1 is 0.903 bits per heavy atom. The van der Waals surface area contributed by atoms with Gasteiger partial charge in [-0.1, -0.05) is 54.6 Å². The lowest BCUT2D eigenvalue weighted by Crippen LogP contribution is -2.24. The van der Waals surface area contributed by atoms with E-state index in [2.05, 4.69) is 24.3 Å². The smallest absolute Gasteiger partial charge is 0.333 e. The van der Waals surface area contributed by atoms with Crippen LogP contribution in [0, 0.1) is 6.92 Å². The van der Waals surface area contributed by atoms with Gasteiger partial charge >= 0.3 is 5.97 Å². The van der Waals surface area contributed by atoms with E-state index in [1.807, 2.05) is 55.5 Å². The van der Waals surface area contributed by atoms with Crippen molar-refractivity contribution in [1.82, 2.24) is 0 Å². The first kappa shape index (κ1) is 22.4. The van der Waals surface area contributed by atoms with E-state index >= 15 is 0 Å². The van der Waals surface area contributed by atoms with E-state index in [1.54, 1.807) is 0 Å². The fraction of sp³-hybridized carbons (Fsp3) is 0.269. The van der Waals surface area contributed by atoms with Crippen molar-refractivity contribution in [3.05, 3.63) is 83.9 Å². The molecule has 0 aliphatic heterocycles. The number of carbonyl (C=O) groups is 1. The number of methoxy groups -OCH3 is 1. The van der Waals surface area contributed by atoms with Gasteiger partial charge in [-0.3, -0.25) is 0 Å². The number of hydrogen-bond acceptors (Lipinski definition) is 4. The lowest BCUT2D eigenvalue weighted by atomic mass is 10.0. The second-order valence-electron chi connectivity index (χ2n) is 7.31. The Labute approximate surface area is 183 Å². The molecular formula is C26H28O5. The molecule has 0 saturated carbocycles. The monoisotopic (exact) mass is 420 g/mol. The Morgan fingerprint density at radius 2 is 1.58 bits per heavy atom. The second-order valence-corrected chi connectivity index (χ2v) is 7.31. The Kier molecular flexibility index (Phi) is 8.07. The molecule has 3 rings (SSSR count). The van der Waals surface area contributed by atoms with Crippen LogP contribution < -0.4 is 9.47 Å². The van der Waals surface area contributed by atoms with Crippen LogP contribution in [0.15, 0.2) is 72.8 Å². The van der Waals surface area contributed by atoms with E-state index in [0.717, 1.165) is 34.6 Å². The fourth-order valence-corrected chi connectivity index (χ4v) is 3.29. The molecule has 31 heavy (non-hydrogen) atoms. The quantitative estimate of drug-likeness (QED) is 0.435. The van der Waals surface area contributed by atoms with Gasteiger partial charge in [0.15, 0.2) is 6.10 Å². The summed E-state index contributed by atoms with van der Waals surface area (Å²) in [6.07, 6.45) is 0.237. The van der Waals surface area contributed by atoms with Crippen LogP contribution in [0.25, 0.3) is 11.1 Å². The standard InChI is InChI=1S/C26H28O5/c1-19-17-20(18-25(29-2)26(27)28)9-14-24(19)31-16-6-15-30-23-12-10-22(11-13-23)21-7-4-3-5-8-21/h3-5,7-14,17,25H,6,15-16,18H2,1-2H3,(H,27,28). The molecule has 0 aliphatic carbocycles. The van der Waals surface area contributed by atoms with Crippen LogP contribution in [0.1, 0.15) is 17.5 Å². The molecule has 1 unspecified atom stereocenters. The summed E-state index contributed by atoms with van der Waals surface area (Å²) in [5, 5.41) is 9.11. The van der Waals surface area contributed by atoms with E-state index in [1.165, 1.54) is 12.7 Å². The molecule has 3 aromatic rings. The summed E-state index contributed by atoms with van der Waals surface area (Å²) >= 11 is 0. The van der Waals surface area contributed by atoms with E-state index in [-0.39, 0.29) is 0 Å². The molecule has 0 bridgehead atoms. The van der Waals surface area contributed by atoms with E-state index in [9.17, 15) is 4.79 Å². The Hall–Kier alpha value is -3.31. The van der Waals surface area contributed by atoms with E-state index < -0.39 is 12.1 Å². The lowest BCUT2D eigenvalue weighted by molar-refractivity contribution is -0.148. The van der Waals surface area contributed by atoms with Gasteiger partial charge < -0.3 is 19.3 Å². The number of carboxylic acids is 1. The predicted octanol–water partition coefficient (Wildman–Crippen LogP) is 5.15. The van der Waals surface area contributed by atoms with Gasteiger partial charge in [-0.2, -0.15) is 0 Å². The maximum Gasteiger partial charge on any atom is 0.333 e. The van der Waals surface area contributed by atoms with Crippen molar-refractivity contribution >= 4 is 5.97 Å². The maximum atomic E-state index is 11.1. The zero-order chi connectivity index (χ0) is 22.1. The zero-order valence-electron chi connectivity index (χ0n) is 17.9. The minimum Gasteiger partial charge on any atom is -0.493 e. The number of ether oxygens (including phenoxy) is 3. The largest absolute Gasteiger partial charge is 0.493 e. The van der Waals surface area contributed by atoms with Crippen LogP contribution in [0.3, 0.4) is 0 Å². The molecule has 0 saturated heterocycles. The van der Waals surface area contributed by atoms with Crippen molar-refractivity contribution < 1.29 is 24.1 Å². The number of aliphatic carboxylic acids is 1. The fourth-order valence-electron chi connectivity index (χ4n) is 3.29. The van der Waals surface area contributed by atoms with E-state index in [0.29, 0.717) is 19.6 Å². The van der Waals surface area contributed by atoms with Crippen molar-refractivity contribution in [2.75, 3.05) is 20.3 Å². The summed E-state index contributed by atoms with van der Waals surface area (Å²) in [4.78, 5) is 11.1. The lowest BCUT2D eigenvalue weighted by Gasteiger charge is -2.13. The van der Waals surface area contributed by atoms with Gasteiger partial charge in [0.05, 0.1) is 13.2 Å². The minimum absolute atomic E-state index is 0.323. The van der Waals surface area contributed by atoms with Gasteiger partial charge in [0.1, 0.15) is 11.5 Å². The SMILES string of the molecule is COC(Cc1ccc(OCCCOc2ccc(-c3ccccc3)cc2)c(C)c1)C(=O)O. The van der Waals surface area contributed by atoms with Crippen LogP contribution in [0.4, 0.5) is 0 Å². The van der Waals surface area contributed by atoms with Gasteiger partial charge in [0.2, 0.25) is 0 Å². The van der Waals surface area contributed by atoms with Crippen molar-refractivity contribution in [2.45, 2.75) is 25.9 Å². The highest BCUT2D eigenvalue weighted by molar-refractivity contribution is 5.72.